The van der Waals surface area contributed by atoms with Crippen LogP contribution in [0.15, 0.2) is 29.4 Å². The highest BCUT2D eigenvalue weighted by Gasteiger charge is 2.66. The summed E-state index contributed by atoms with van der Waals surface area (Å²) >= 11 is 1.36. The predicted molar refractivity (Wildman–Crippen MR) is 109 cm³/mol. The molecule has 2 amide bonds. The minimum absolute atomic E-state index is 0.0109. The summed E-state index contributed by atoms with van der Waals surface area (Å²) in [4.78, 5) is 30.4. The van der Waals surface area contributed by atoms with Crippen LogP contribution in [0.3, 0.4) is 0 Å². The van der Waals surface area contributed by atoms with E-state index >= 15 is 0 Å². The van der Waals surface area contributed by atoms with Crippen LogP contribution >= 0.6 is 11.8 Å². The Balaban J connectivity index is 1.56. The van der Waals surface area contributed by atoms with Crippen LogP contribution in [-0.2, 0) is 23.8 Å². The zero-order valence-corrected chi connectivity index (χ0v) is 18.4. The maximum Gasteiger partial charge on any atom is 0.278 e. The first-order chi connectivity index (χ1) is 14.5. The van der Waals surface area contributed by atoms with E-state index in [4.69, 9.17) is 14.2 Å². The van der Waals surface area contributed by atoms with Gasteiger partial charge in [-0.3, -0.25) is 9.59 Å². The first kappa shape index (κ1) is 22.4. The topological polar surface area (TPSA) is 139 Å². The number of nitrogens with one attached hydrogen (secondary N) is 2. The lowest BCUT2D eigenvalue weighted by Gasteiger charge is -2.51. The maximum absolute atomic E-state index is 13.1. The number of ether oxygens (including phenoxy) is 3. The molecular weight excluding hydrogens is 426 g/mol. The molecule has 1 aromatic heterocycles. The van der Waals surface area contributed by atoms with E-state index in [1.807, 2.05) is 12.1 Å². The molecule has 11 heteroatoms. The molecule has 4 aliphatic rings. The molecule has 0 radical (unpaired) electrons. The third-order valence-corrected chi connectivity index (χ3v) is 7.00. The van der Waals surface area contributed by atoms with Gasteiger partial charge in [-0.2, -0.15) is 0 Å². The highest BCUT2D eigenvalue weighted by Crippen LogP contribution is 2.40. The molecule has 5 atom stereocenters. The molecule has 31 heavy (non-hydrogen) atoms. The van der Waals surface area contributed by atoms with Gasteiger partial charge in [-0.1, -0.05) is 6.07 Å². The van der Waals surface area contributed by atoms with Crippen molar-refractivity contribution in [2.45, 2.75) is 61.2 Å². The second kappa shape index (κ2) is 7.68. The van der Waals surface area contributed by atoms with Gasteiger partial charge in [0.25, 0.3) is 17.5 Å². The molecule has 1 unspecified atom stereocenters. The summed E-state index contributed by atoms with van der Waals surface area (Å²) in [6, 6.07) is 5.45. The molecule has 10 nitrogen and oxygen atoms in total. The number of amides is 2. The monoisotopic (exact) mass is 453 g/mol. The van der Waals surface area contributed by atoms with Crippen molar-refractivity contribution in [3.63, 3.8) is 0 Å². The van der Waals surface area contributed by atoms with Gasteiger partial charge < -0.3 is 35.1 Å². The Morgan fingerprint density at radius 1 is 1.23 bits per heavy atom. The smallest absolute Gasteiger partial charge is 0.278 e. The summed E-state index contributed by atoms with van der Waals surface area (Å²) in [7, 11) is 0. The summed E-state index contributed by atoms with van der Waals surface area (Å²) in [5.41, 5.74) is -5.57. The number of carbonyl (C=O) groups is 2. The van der Waals surface area contributed by atoms with E-state index in [0.29, 0.717) is 5.75 Å². The van der Waals surface area contributed by atoms with Gasteiger partial charge in [-0.15, -0.1) is 11.8 Å². The van der Waals surface area contributed by atoms with Gasteiger partial charge in [0.1, 0.15) is 11.7 Å². The van der Waals surface area contributed by atoms with Gasteiger partial charge in [-0.05, 0) is 39.3 Å². The number of hydrogen-bond donors (Lipinski definition) is 4. The first-order valence-electron chi connectivity index (χ1n) is 10.1. The van der Waals surface area contributed by atoms with Crippen LogP contribution in [0, 0.1) is 5.92 Å². The zero-order chi connectivity index (χ0) is 22.5. The van der Waals surface area contributed by atoms with Gasteiger partial charge in [0.15, 0.2) is 5.79 Å². The molecule has 4 aliphatic heterocycles. The van der Waals surface area contributed by atoms with E-state index in [1.54, 1.807) is 33.0 Å². The quantitative estimate of drug-likeness (QED) is 0.444. The number of rotatable bonds is 5. The first-order valence-corrected chi connectivity index (χ1v) is 11.1. The predicted octanol–water partition coefficient (Wildman–Crippen LogP) is -0.256. The van der Waals surface area contributed by atoms with E-state index in [9.17, 15) is 19.8 Å². The Morgan fingerprint density at radius 3 is 2.65 bits per heavy atom. The van der Waals surface area contributed by atoms with Crippen molar-refractivity contribution in [1.82, 2.24) is 15.6 Å². The van der Waals surface area contributed by atoms with Gasteiger partial charge in [0.2, 0.25) is 5.72 Å². The Hall–Kier alpha value is -1.76. The van der Waals surface area contributed by atoms with Crippen LogP contribution in [0.25, 0.3) is 0 Å². The van der Waals surface area contributed by atoms with E-state index in [0.717, 1.165) is 5.03 Å². The summed E-state index contributed by atoms with van der Waals surface area (Å²) in [5.74, 6) is -2.98. The maximum atomic E-state index is 13.1. The van der Waals surface area contributed by atoms with E-state index in [-0.39, 0.29) is 19.6 Å². The van der Waals surface area contributed by atoms with Crippen LogP contribution < -0.4 is 10.6 Å². The summed E-state index contributed by atoms with van der Waals surface area (Å²) in [5, 5.41) is 27.9. The second-order valence-corrected chi connectivity index (χ2v) is 9.77. The standard InChI is InChI=1S/C20H27N3O7S/c1-17(2)29-11-18(3,30-17)14(24)20-16(26)22-19(27,15(25)23-20)12(7-9-28-20)10-31-13-6-4-5-8-21-13/h4-6,8,12,14,24,27H,7,9-11H2,1-3H3,(H,22,26)(H,23,25)/t12?,14-,18-,19+,20-/m0/s1. The highest BCUT2D eigenvalue weighted by molar-refractivity contribution is 7.99. The fourth-order valence-electron chi connectivity index (χ4n) is 4.20. The number of thioether (sulfide) groups is 1. The largest absolute Gasteiger partial charge is 0.384 e. The molecule has 4 saturated heterocycles. The Kier molecular flexibility index (Phi) is 5.56. The number of hydrogen-bond acceptors (Lipinski definition) is 9. The molecule has 0 aliphatic carbocycles. The Morgan fingerprint density at radius 2 is 2.00 bits per heavy atom. The number of aliphatic hydroxyl groups excluding tert-OH is 1. The Labute approximate surface area is 184 Å². The number of fused-ring (bicyclic) bond motifs is 5. The number of nitrogens with zero attached hydrogens (tertiary/aromatic N) is 1. The van der Waals surface area contributed by atoms with Gasteiger partial charge in [-0.25, -0.2) is 4.98 Å². The second-order valence-electron chi connectivity index (χ2n) is 8.73. The van der Waals surface area contributed by atoms with Crippen molar-refractivity contribution < 1.29 is 34.0 Å². The summed E-state index contributed by atoms with van der Waals surface area (Å²) in [6.07, 6.45) is 0.340. The molecule has 2 bridgehead atoms. The van der Waals surface area contributed by atoms with Crippen LogP contribution in [0.4, 0.5) is 0 Å². The minimum atomic E-state index is -2.14. The lowest BCUT2D eigenvalue weighted by molar-refractivity contribution is -0.247. The lowest BCUT2D eigenvalue weighted by atomic mass is 9.83. The number of aromatic nitrogens is 1. The average molecular weight is 454 g/mol. The molecule has 0 saturated carbocycles. The SMILES string of the molecule is CC1(C)OC[C@@](C)([C@H](O)[C@@]23NC(=O)[C@@](O)(NC2=O)C(CSc2ccccn2)CCO3)O1. The van der Waals surface area contributed by atoms with Crippen molar-refractivity contribution in [3.05, 3.63) is 24.4 Å². The third-order valence-electron chi connectivity index (χ3n) is 5.89. The van der Waals surface area contributed by atoms with Crippen LogP contribution in [0.5, 0.6) is 0 Å². The molecule has 4 fully saturated rings. The van der Waals surface area contributed by atoms with E-state index in [2.05, 4.69) is 15.6 Å². The zero-order valence-electron chi connectivity index (χ0n) is 17.6. The average Bonchev–Trinajstić information content (AvgIpc) is 3.01. The van der Waals surface area contributed by atoms with Gasteiger partial charge in [0.05, 0.1) is 18.2 Å². The number of aliphatic hydroxyl groups is 2. The molecule has 0 spiro atoms. The molecule has 5 rings (SSSR count). The molecule has 4 N–H and O–H groups in total. The number of pyridine rings is 1. The van der Waals surface area contributed by atoms with Crippen molar-refractivity contribution in [2.75, 3.05) is 19.0 Å². The van der Waals surface area contributed by atoms with Crippen LogP contribution in [-0.4, -0.2) is 74.9 Å². The number of carbonyl (C=O) groups excluding carboxylic acids is 2. The van der Waals surface area contributed by atoms with E-state index in [1.165, 1.54) is 11.8 Å². The van der Waals surface area contributed by atoms with Crippen molar-refractivity contribution in [2.24, 2.45) is 5.92 Å². The molecule has 0 aromatic carbocycles. The molecule has 170 valence electrons. The van der Waals surface area contributed by atoms with Crippen LogP contribution in [0.1, 0.15) is 27.2 Å². The fraction of sp³-hybridized carbons (Fsp3) is 0.650. The lowest BCUT2D eigenvalue weighted by Crippen LogP contribution is -2.83. The van der Waals surface area contributed by atoms with Gasteiger partial charge in [0, 0.05) is 17.9 Å². The molecular formula is C20H27N3O7S. The summed E-state index contributed by atoms with van der Waals surface area (Å²) < 4.78 is 17.2. The highest BCUT2D eigenvalue weighted by atomic mass is 32.2. The third kappa shape index (κ3) is 3.83. The van der Waals surface area contributed by atoms with Crippen molar-refractivity contribution >= 4 is 23.6 Å². The normalized spacial score (nSPS) is 38.2. The van der Waals surface area contributed by atoms with E-state index < -0.39 is 46.7 Å². The minimum Gasteiger partial charge on any atom is -0.384 e. The fourth-order valence-corrected chi connectivity index (χ4v) is 5.29. The molecule has 5 heterocycles. The summed E-state index contributed by atoms with van der Waals surface area (Å²) in [6.45, 7) is 4.97. The molecule has 1 aromatic rings. The number of piperazine rings is 1. The van der Waals surface area contributed by atoms with Crippen molar-refractivity contribution in [3.8, 4) is 0 Å². The van der Waals surface area contributed by atoms with Crippen molar-refractivity contribution in [1.29, 1.82) is 0 Å². The Bertz CT molecular complexity index is 872. The van der Waals surface area contributed by atoms with Gasteiger partial charge >= 0.3 is 0 Å². The van der Waals surface area contributed by atoms with Crippen LogP contribution in [0.2, 0.25) is 0 Å².